The predicted molar refractivity (Wildman–Crippen MR) is 106 cm³/mol. The van der Waals surface area contributed by atoms with E-state index in [4.69, 9.17) is 11.6 Å². The fourth-order valence-electron chi connectivity index (χ4n) is 4.02. The number of hydrogen-bond donors (Lipinski definition) is 0. The molecule has 0 aliphatic carbocycles. The Hall–Kier alpha value is -2.19. The summed E-state index contributed by atoms with van der Waals surface area (Å²) in [6.07, 6.45) is -2.14. The van der Waals surface area contributed by atoms with E-state index in [9.17, 15) is 17.6 Å². The van der Waals surface area contributed by atoms with E-state index in [1.54, 1.807) is 12.3 Å². The molecule has 0 spiro atoms. The van der Waals surface area contributed by atoms with Gasteiger partial charge in [-0.15, -0.1) is 10.2 Å². The highest BCUT2D eigenvalue weighted by Crippen LogP contribution is 2.36. The van der Waals surface area contributed by atoms with Crippen molar-refractivity contribution in [1.29, 1.82) is 0 Å². The smallest absolute Gasteiger partial charge is 0.299 e. The summed E-state index contributed by atoms with van der Waals surface area (Å²) in [6.45, 7) is 4.44. The minimum Gasteiger partial charge on any atom is -0.299 e. The first-order chi connectivity index (χ1) is 14.1. The van der Waals surface area contributed by atoms with E-state index < -0.39 is 12.6 Å². The van der Waals surface area contributed by atoms with Crippen LogP contribution in [0.1, 0.15) is 36.7 Å². The number of piperidine rings is 1. The first-order valence-corrected chi connectivity index (χ1v) is 10.1. The van der Waals surface area contributed by atoms with Gasteiger partial charge in [0.1, 0.15) is 18.1 Å². The maximum Gasteiger partial charge on any atom is 0.396 e. The summed E-state index contributed by atoms with van der Waals surface area (Å²) in [4.78, 5) is 2.26. The molecule has 1 fully saturated rings. The van der Waals surface area contributed by atoms with Crippen molar-refractivity contribution in [2.75, 3.05) is 13.1 Å². The molecule has 2 aromatic heterocycles. The Balaban J connectivity index is 1.46. The Bertz CT molecular complexity index is 1040. The number of nitrogens with zero attached hydrogens (tertiary/aromatic N) is 4. The Morgan fingerprint density at radius 1 is 1.07 bits per heavy atom. The monoisotopic (exact) mass is 440 g/mol. The summed E-state index contributed by atoms with van der Waals surface area (Å²) < 4.78 is 52.6. The van der Waals surface area contributed by atoms with E-state index in [0.717, 1.165) is 37.1 Å². The molecule has 1 aromatic carbocycles. The van der Waals surface area contributed by atoms with Crippen LogP contribution in [0.3, 0.4) is 0 Å². The zero-order chi connectivity index (χ0) is 21.5. The van der Waals surface area contributed by atoms with Gasteiger partial charge in [0.2, 0.25) is 0 Å². The molecule has 4 rings (SSSR count). The molecule has 3 aromatic rings. The molecule has 0 saturated carbocycles. The molecule has 1 aliphatic rings. The average Bonchev–Trinajstić information content (AvgIpc) is 3.08. The Morgan fingerprint density at radius 2 is 1.73 bits per heavy atom. The van der Waals surface area contributed by atoms with E-state index in [0.29, 0.717) is 11.6 Å². The molecule has 9 heteroatoms. The van der Waals surface area contributed by atoms with Crippen molar-refractivity contribution in [2.24, 2.45) is 0 Å². The van der Waals surface area contributed by atoms with Crippen LogP contribution in [0.5, 0.6) is 0 Å². The van der Waals surface area contributed by atoms with Crippen LogP contribution in [-0.4, -0.2) is 38.8 Å². The van der Waals surface area contributed by atoms with Crippen LogP contribution in [0.2, 0.25) is 5.02 Å². The first kappa shape index (κ1) is 21.1. The van der Waals surface area contributed by atoms with Crippen molar-refractivity contribution in [2.45, 2.75) is 44.3 Å². The maximum atomic E-state index is 13.2. The van der Waals surface area contributed by atoms with Gasteiger partial charge in [0.15, 0.2) is 5.65 Å². The lowest BCUT2D eigenvalue weighted by Crippen LogP contribution is -2.40. The van der Waals surface area contributed by atoms with Crippen LogP contribution in [0.4, 0.5) is 17.6 Å². The van der Waals surface area contributed by atoms with E-state index in [2.05, 4.69) is 22.0 Å². The number of hydrogen-bond acceptors (Lipinski definition) is 3. The molecule has 0 unspecified atom stereocenters. The molecule has 160 valence electrons. The number of pyridine rings is 1. The van der Waals surface area contributed by atoms with Crippen LogP contribution >= 0.6 is 11.6 Å². The van der Waals surface area contributed by atoms with Crippen molar-refractivity contribution >= 4 is 17.2 Å². The second-order valence-electron chi connectivity index (χ2n) is 8.10. The van der Waals surface area contributed by atoms with Crippen molar-refractivity contribution in [3.05, 3.63) is 64.3 Å². The van der Waals surface area contributed by atoms with E-state index in [1.165, 1.54) is 16.5 Å². The molecule has 0 atom stereocenters. The number of benzene rings is 1. The largest absolute Gasteiger partial charge is 0.396 e. The van der Waals surface area contributed by atoms with Crippen LogP contribution in [-0.2, 0) is 18.4 Å². The highest BCUT2D eigenvalue weighted by Gasteiger charge is 2.33. The van der Waals surface area contributed by atoms with Crippen LogP contribution < -0.4 is 0 Å². The molecule has 0 bridgehead atoms. The van der Waals surface area contributed by atoms with Crippen molar-refractivity contribution < 1.29 is 17.6 Å². The summed E-state index contributed by atoms with van der Waals surface area (Å²) in [5.41, 5.74) is 2.16. The predicted octanol–water partition coefficient (Wildman–Crippen LogP) is 5.18. The van der Waals surface area contributed by atoms with E-state index >= 15 is 0 Å². The lowest BCUT2D eigenvalue weighted by molar-refractivity contribution is -0.128. The molecule has 1 aliphatic heterocycles. The zero-order valence-electron chi connectivity index (χ0n) is 16.4. The third kappa shape index (κ3) is 4.30. The quantitative estimate of drug-likeness (QED) is 0.524. The van der Waals surface area contributed by atoms with Gasteiger partial charge in [0, 0.05) is 12.7 Å². The molecule has 1 saturated heterocycles. The lowest BCUT2D eigenvalue weighted by Gasteiger charge is -2.40. The summed E-state index contributed by atoms with van der Waals surface area (Å²) in [5.74, 6) is -0.421. The van der Waals surface area contributed by atoms with Gasteiger partial charge in [-0.2, -0.15) is 13.2 Å². The molecule has 0 radical (unpaired) electrons. The minimum atomic E-state index is -4.36. The number of halogens is 5. The van der Waals surface area contributed by atoms with Gasteiger partial charge in [-0.1, -0.05) is 30.7 Å². The normalized spacial score (nSPS) is 17.5. The highest BCUT2D eigenvalue weighted by molar-refractivity contribution is 6.34. The molecule has 30 heavy (non-hydrogen) atoms. The second kappa shape index (κ2) is 7.81. The number of likely N-dealkylation sites (tertiary alicyclic amines) is 1. The maximum absolute atomic E-state index is 13.2. The van der Waals surface area contributed by atoms with E-state index in [1.807, 2.05) is 12.1 Å². The van der Waals surface area contributed by atoms with Crippen molar-refractivity contribution in [1.82, 2.24) is 19.5 Å². The molecular weight excluding hydrogens is 420 g/mol. The molecule has 0 amide bonds. The number of fused-ring (bicyclic) bond motifs is 1. The Kier molecular flexibility index (Phi) is 5.48. The Morgan fingerprint density at radius 3 is 2.37 bits per heavy atom. The SMILES string of the molecule is CC1(c2ccc(F)cc2)CCN(Cc2ccn3c(CC(F)(F)F)nnc3c2Cl)CC1. The van der Waals surface area contributed by atoms with Gasteiger partial charge >= 0.3 is 6.18 Å². The van der Waals surface area contributed by atoms with Gasteiger partial charge in [-0.25, -0.2) is 4.39 Å². The summed E-state index contributed by atoms with van der Waals surface area (Å²) in [6, 6.07) is 8.41. The van der Waals surface area contributed by atoms with Gasteiger partial charge < -0.3 is 0 Å². The van der Waals surface area contributed by atoms with Gasteiger partial charge in [0.25, 0.3) is 0 Å². The fourth-order valence-corrected chi connectivity index (χ4v) is 4.27. The number of aromatic nitrogens is 3. The lowest BCUT2D eigenvalue weighted by atomic mass is 9.74. The third-order valence-electron chi connectivity index (χ3n) is 5.92. The second-order valence-corrected chi connectivity index (χ2v) is 8.48. The number of alkyl halides is 3. The molecule has 3 heterocycles. The molecule has 4 nitrogen and oxygen atoms in total. The first-order valence-electron chi connectivity index (χ1n) is 9.71. The molecular formula is C21H21ClF4N4. The van der Waals surface area contributed by atoms with Crippen molar-refractivity contribution in [3.63, 3.8) is 0 Å². The summed E-state index contributed by atoms with van der Waals surface area (Å²) in [7, 11) is 0. The van der Waals surface area contributed by atoms with Crippen molar-refractivity contribution in [3.8, 4) is 0 Å². The van der Waals surface area contributed by atoms with E-state index in [-0.39, 0.29) is 22.7 Å². The number of rotatable bonds is 4. The summed E-state index contributed by atoms with van der Waals surface area (Å²) in [5, 5.41) is 7.84. The fraction of sp³-hybridized carbons (Fsp3) is 0.429. The van der Waals surface area contributed by atoms with Crippen LogP contribution in [0.15, 0.2) is 36.5 Å². The third-order valence-corrected chi connectivity index (χ3v) is 6.33. The van der Waals surface area contributed by atoms with Gasteiger partial charge in [0.05, 0.1) is 5.02 Å². The van der Waals surface area contributed by atoms with Crippen LogP contribution in [0.25, 0.3) is 5.65 Å². The summed E-state index contributed by atoms with van der Waals surface area (Å²) >= 11 is 6.45. The average molecular weight is 441 g/mol. The van der Waals surface area contributed by atoms with Gasteiger partial charge in [-0.05, 0) is 60.7 Å². The highest BCUT2D eigenvalue weighted by atomic mass is 35.5. The minimum absolute atomic E-state index is 0.0164. The van der Waals surface area contributed by atoms with Gasteiger partial charge in [-0.3, -0.25) is 9.30 Å². The molecule has 0 N–H and O–H groups in total. The standard InChI is InChI=1S/C21H21ClF4N4/c1-20(15-2-4-16(23)5-3-15)7-10-29(11-8-20)13-14-6-9-30-17(12-21(24,25)26)27-28-19(30)18(14)22/h2-6,9H,7-8,10-13H2,1H3. The van der Waals surface area contributed by atoms with Crippen LogP contribution in [0, 0.1) is 5.82 Å². The Labute approximate surface area is 176 Å². The zero-order valence-corrected chi connectivity index (χ0v) is 17.1. The topological polar surface area (TPSA) is 33.4 Å².